The van der Waals surface area contributed by atoms with E-state index in [0.717, 1.165) is 11.4 Å². The number of fused-ring (bicyclic) bond motifs is 1. The van der Waals surface area contributed by atoms with E-state index in [4.69, 9.17) is 11.6 Å². The molecule has 8 nitrogen and oxygen atoms in total. The van der Waals surface area contributed by atoms with Gasteiger partial charge in [-0.3, -0.25) is 14.4 Å². The van der Waals surface area contributed by atoms with E-state index in [-0.39, 0.29) is 36.0 Å². The van der Waals surface area contributed by atoms with Crippen molar-refractivity contribution in [1.29, 1.82) is 5.26 Å². The van der Waals surface area contributed by atoms with E-state index in [9.17, 15) is 19.6 Å². The lowest BCUT2D eigenvalue weighted by molar-refractivity contribution is -0.134. The molecule has 9 heteroatoms. The average molecular weight is 492 g/mol. The average Bonchev–Trinajstić information content (AvgIpc) is 3.13. The van der Waals surface area contributed by atoms with Gasteiger partial charge in [0.15, 0.2) is 5.78 Å². The summed E-state index contributed by atoms with van der Waals surface area (Å²) in [6, 6.07) is 16.5. The summed E-state index contributed by atoms with van der Waals surface area (Å²) in [5.41, 5.74) is 2.37. The first-order valence-corrected chi connectivity index (χ1v) is 11.8. The Balaban J connectivity index is 1.34. The van der Waals surface area contributed by atoms with E-state index in [1.807, 2.05) is 54.2 Å². The second-order valence-corrected chi connectivity index (χ2v) is 8.96. The number of nitriles is 1. The third kappa shape index (κ3) is 4.86. The fourth-order valence-electron chi connectivity index (χ4n) is 4.52. The van der Waals surface area contributed by atoms with Gasteiger partial charge in [-0.05, 0) is 30.3 Å². The normalized spacial score (nSPS) is 15.1. The van der Waals surface area contributed by atoms with E-state index < -0.39 is 0 Å². The van der Waals surface area contributed by atoms with Gasteiger partial charge in [-0.1, -0.05) is 29.8 Å². The number of para-hydroxylation sites is 2. The SMILES string of the molecule is CN1C(=C(C#N)C(=O)CCC(=O)N2CCN(C(=O)c3cccc(Cl)c3)CC2)N(C)c2ccccc21. The topological polar surface area (TPSA) is 88.0 Å². The van der Waals surface area contributed by atoms with Crippen LogP contribution in [0.15, 0.2) is 59.9 Å². The minimum Gasteiger partial charge on any atom is -0.339 e. The second kappa shape index (κ2) is 10.2. The van der Waals surface area contributed by atoms with Gasteiger partial charge in [-0.25, -0.2) is 0 Å². The number of ketones is 1. The van der Waals surface area contributed by atoms with Crippen molar-refractivity contribution in [2.24, 2.45) is 0 Å². The highest BCUT2D eigenvalue weighted by Gasteiger charge is 2.32. The molecule has 0 spiro atoms. The molecule has 4 rings (SSSR count). The van der Waals surface area contributed by atoms with Crippen LogP contribution in [0.5, 0.6) is 0 Å². The molecule has 2 aliphatic rings. The molecule has 2 aliphatic heterocycles. The Morgan fingerprint density at radius 2 is 1.49 bits per heavy atom. The number of nitrogens with zero attached hydrogens (tertiary/aromatic N) is 5. The fraction of sp³-hybridized carbons (Fsp3) is 0.308. The Labute approximate surface area is 209 Å². The molecule has 2 aromatic rings. The van der Waals surface area contributed by atoms with E-state index >= 15 is 0 Å². The molecule has 0 aromatic heterocycles. The number of benzene rings is 2. The first-order chi connectivity index (χ1) is 16.8. The minimum atomic E-state index is -0.364. The van der Waals surface area contributed by atoms with Crippen molar-refractivity contribution < 1.29 is 14.4 Å². The van der Waals surface area contributed by atoms with Crippen LogP contribution in [-0.2, 0) is 9.59 Å². The van der Waals surface area contributed by atoms with Crippen LogP contribution in [0.2, 0.25) is 5.02 Å². The number of amides is 2. The van der Waals surface area contributed by atoms with Crippen molar-refractivity contribution in [3.05, 3.63) is 70.5 Å². The quantitative estimate of drug-likeness (QED) is 0.471. The van der Waals surface area contributed by atoms with Gasteiger partial charge < -0.3 is 19.6 Å². The number of allylic oxidation sites excluding steroid dienone is 1. The number of hydrogen-bond donors (Lipinski definition) is 0. The summed E-state index contributed by atoms with van der Waals surface area (Å²) in [6.45, 7) is 1.61. The number of hydrogen-bond acceptors (Lipinski definition) is 6. The third-order valence-corrected chi connectivity index (χ3v) is 6.65. The number of carbonyl (C=O) groups excluding carboxylic acids is 3. The van der Waals surface area contributed by atoms with Gasteiger partial charge in [-0.15, -0.1) is 0 Å². The first-order valence-electron chi connectivity index (χ1n) is 11.4. The Morgan fingerprint density at radius 3 is 2.06 bits per heavy atom. The third-order valence-electron chi connectivity index (χ3n) is 6.41. The molecular formula is C26H26ClN5O3. The molecule has 0 bridgehead atoms. The Kier molecular flexibility index (Phi) is 7.08. The van der Waals surface area contributed by atoms with Crippen molar-refractivity contribution in [1.82, 2.24) is 9.80 Å². The molecule has 180 valence electrons. The molecule has 0 saturated carbocycles. The first kappa shape index (κ1) is 24.3. The van der Waals surface area contributed by atoms with Gasteiger partial charge in [0, 0.05) is 63.7 Å². The van der Waals surface area contributed by atoms with Crippen LogP contribution >= 0.6 is 11.6 Å². The second-order valence-electron chi connectivity index (χ2n) is 8.52. The highest BCUT2D eigenvalue weighted by Crippen LogP contribution is 2.40. The molecule has 1 fully saturated rings. The number of rotatable bonds is 5. The highest BCUT2D eigenvalue weighted by atomic mass is 35.5. The van der Waals surface area contributed by atoms with E-state index in [1.165, 1.54) is 0 Å². The summed E-state index contributed by atoms with van der Waals surface area (Å²) < 4.78 is 0. The van der Waals surface area contributed by atoms with Crippen LogP contribution < -0.4 is 9.80 Å². The fourth-order valence-corrected chi connectivity index (χ4v) is 4.71. The molecule has 2 amide bonds. The molecule has 0 radical (unpaired) electrons. The van der Waals surface area contributed by atoms with Crippen molar-refractivity contribution in [3.63, 3.8) is 0 Å². The van der Waals surface area contributed by atoms with Crippen molar-refractivity contribution in [2.75, 3.05) is 50.1 Å². The van der Waals surface area contributed by atoms with Gasteiger partial charge in [0.1, 0.15) is 17.5 Å². The van der Waals surface area contributed by atoms with Crippen molar-refractivity contribution >= 4 is 40.6 Å². The summed E-state index contributed by atoms with van der Waals surface area (Å²) in [6.07, 6.45) is -0.0369. The van der Waals surface area contributed by atoms with Crippen molar-refractivity contribution in [3.8, 4) is 6.07 Å². The molecule has 1 saturated heterocycles. The summed E-state index contributed by atoms with van der Waals surface area (Å²) in [4.78, 5) is 45.4. The van der Waals surface area contributed by atoms with Crippen LogP contribution in [-0.4, -0.2) is 67.7 Å². The van der Waals surface area contributed by atoms with Crippen molar-refractivity contribution in [2.45, 2.75) is 12.8 Å². The molecule has 0 atom stereocenters. The lowest BCUT2D eigenvalue weighted by Gasteiger charge is -2.35. The molecule has 35 heavy (non-hydrogen) atoms. The van der Waals surface area contributed by atoms with Gasteiger partial charge in [0.25, 0.3) is 5.91 Å². The molecule has 2 heterocycles. The lowest BCUT2D eigenvalue weighted by atomic mass is 10.1. The summed E-state index contributed by atoms with van der Waals surface area (Å²) in [7, 11) is 3.63. The zero-order valence-electron chi connectivity index (χ0n) is 19.7. The standard InChI is InChI=1S/C26H26ClN5O3/c1-29-21-8-3-4-9-22(21)30(2)25(29)20(17-28)23(33)10-11-24(34)31-12-14-32(15-13-31)26(35)18-6-5-7-19(27)16-18/h3-9,16H,10-15H2,1-2H3. The maximum absolute atomic E-state index is 12.9. The number of carbonyl (C=O) groups is 3. The monoisotopic (exact) mass is 491 g/mol. The van der Waals surface area contributed by atoms with Gasteiger partial charge in [0.05, 0.1) is 11.4 Å². The highest BCUT2D eigenvalue weighted by molar-refractivity contribution is 6.31. The Morgan fingerprint density at radius 1 is 0.886 bits per heavy atom. The smallest absolute Gasteiger partial charge is 0.254 e. The number of anilines is 2. The Hall–Kier alpha value is -3.83. The summed E-state index contributed by atoms with van der Waals surface area (Å²) in [5, 5.41) is 10.3. The Bertz CT molecular complexity index is 1210. The maximum Gasteiger partial charge on any atom is 0.254 e. The van der Waals surface area contributed by atoms with Gasteiger partial charge in [0.2, 0.25) is 5.91 Å². The van der Waals surface area contributed by atoms with E-state index in [0.29, 0.717) is 42.6 Å². The van der Waals surface area contributed by atoms with Crippen LogP contribution in [0, 0.1) is 11.3 Å². The molecule has 0 N–H and O–H groups in total. The van der Waals surface area contributed by atoms with Crippen LogP contribution in [0.3, 0.4) is 0 Å². The molecular weight excluding hydrogens is 466 g/mol. The van der Waals surface area contributed by atoms with Crippen LogP contribution in [0.1, 0.15) is 23.2 Å². The lowest BCUT2D eigenvalue weighted by Crippen LogP contribution is -2.50. The zero-order chi connectivity index (χ0) is 25.1. The maximum atomic E-state index is 12.9. The predicted molar refractivity (Wildman–Crippen MR) is 134 cm³/mol. The molecule has 2 aromatic carbocycles. The summed E-state index contributed by atoms with van der Waals surface area (Å²) >= 11 is 5.99. The predicted octanol–water partition coefficient (Wildman–Crippen LogP) is 3.30. The number of Topliss-reactive ketones (excluding diaryl/α,β-unsaturated/α-hetero) is 1. The molecule has 0 unspecified atom stereocenters. The van der Waals surface area contributed by atoms with Crippen LogP contribution in [0.25, 0.3) is 0 Å². The zero-order valence-corrected chi connectivity index (χ0v) is 20.5. The minimum absolute atomic E-state index is 0.0138. The summed E-state index contributed by atoms with van der Waals surface area (Å²) in [5.74, 6) is -0.130. The number of piperazine rings is 1. The number of halogens is 1. The largest absolute Gasteiger partial charge is 0.339 e. The van der Waals surface area contributed by atoms with Gasteiger partial charge in [-0.2, -0.15) is 5.26 Å². The van der Waals surface area contributed by atoms with E-state index in [2.05, 4.69) is 0 Å². The van der Waals surface area contributed by atoms with E-state index in [1.54, 1.807) is 34.1 Å². The van der Waals surface area contributed by atoms with Gasteiger partial charge >= 0.3 is 0 Å². The molecule has 0 aliphatic carbocycles. The van der Waals surface area contributed by atoms with Crippen LogP contribution in [0.4, 0.5) is 11.4 Å².